The normalized spacial score (nSPS) is 21.0. The fraction of sp³-hybridized carbons (Fsp3) is 0.435. The molecule has 1 aliphatic rings. The van der Waals surface area contributed by atoms with Gasteiger partial charge in [0, 0.05) is 18.9 Å². The Balaban J connectivity index is 2.02. The highest BCUT2D eigenvalue weighted by Gasteiger charge is 2.53. The molecule has 5 nitrogen and oxygen atoms in total. The third kappa shape index (κ3) is 5.55. The van der Waals surface area contributed by atoms with Crippen molar-refractivity contribution in [3.05, 3.63) is 59.4 Å². The molecule has 3 rings (SSSR count). The second kappa shape index (κ2) is 10.0. The second-order valence-electron chi connectivity index (χ2n) is 8.11. The lowest BCUT2D eigenvalue weighted by molar-refractivity contribution is -0.139. The quantitative estimate of drug-likeness (QED) is 0.339. The van der Waals surface area contributed by atoms with Crippen LogP contribution in [-0.2, 0) is 17.1 Å². The number of carbonyl (C=O) groups is 2. The summed E-state index contributed by atoms with van der Waals surface area (Å²) in [5.74, 6) is -1.10. The minimum Gasteiger partial charge on any atom is -0.476 e. The van der Waals surface area contributed by atoms with Crippen LogP contribution >= 0.6 is 11.6 Å². The first-order valence-corrected chi connectivity index (χ1v) is 11.1. The van der Waals surface area contributed by atoms with Gasteiger partial charge >= 0.3 is 12.4 Å². The number of piperidine rings is 1. The number of hydrogen-bond donors (Lipinski definition) is 0. The summed E-state index contributed by atoms with van der Waals surface area (Å²) >= 11 is 5.94. The SMILES string of the molecule is CCC[C@H]1N(C(=O)c2cnccc2C(F)(F)F)CCC[C@@]1(Oc1ccc(C(F)(F)F)cc1)C(=O)Cl. The van der Waals surface area contributed by atoms with Crippen molar-refractivity contribution >= 4 is 22.8 Å². The molecule has 1 fully saturated rings. The smallest absolute Gasteiger partial charge is 0.417 e. The predicted molar refractivity (Wildman–Crippen MR) is 114 cm³/mol. The molecule has 12 heteroatoms. The number of carbonyl (C=O) groups excluding carboxylic acids is 2. The van der Waals surface area contributed by atoms with E-state index in [2.05, 4.69) is 4.98 Å². The van der Waals surface area contributed by atoms with Crippen LogP contribution in [-0.4, -0.2) is 39.2 Å². The average molecular weight is 523 g/mol. The van der Waals surface area contributed by atoms with Crippen LogP contribution in [0.25, 0.3) is 0 Å². The summed E-state index contributed by atoms with van der Waals surface area (Å²) in [5, 5.41) is -1.00. The fourth-order valence-corrected chi connectivity index (χ4v) is 4.53. The number of nitrogens with zero attached hydrogens (tertiary/aromatic N) is 2. The molecule has 1 aromatic heterocycles. The van der Waals surface area contributed by atoms with Crippen LogP contribution in [0.4, 0.5) is 26.3 Å². The first-order chi connectivity index (χ1) is 16.3. The van der Waals surface area contributed by atoms with Crippen LogP contribution in [0.5, 0.6) is 5.75 Å². The average Bonchev–Trinajstić information content (AvgIpc) is 2.79. The molecule has 0 spiro atoms. The summed E-state index contributed by atoms with van der Waals surface area (Å²) in [6.45, 7) is 1.77. The number of benzene rings is 1. The van der Waals surface area contributed by atoms with Crippen molar-refractivity contribution in [1.82, 2.24) is 9.88 Å². The van der Waals surface area contributed by atoms with Gasteiger partial charge in [-0.05, 0) is 61.2 Å². The van der Waals surface area contributed by atoms with Crippen molar-refractivity contribution < 1.29 is 40.7 Å². The maximum atomic E-state index is 13.5. The molecule has 0 N–H and O–H groups in total. The van der Waals surface area contributed by atoms with Crippen LogP contribution in [0.15, 0.2) is 42.7 Å². The van der Waals surface area contributed by atoms with Crippen LogP contribution in [0.3, 0.4) is 0 Å². The molecule has 2 aromatic rings. The van der Waals surface area contributed by atoms with E-state index in [1.165, 1.54) is 0 Å². The largest absolute Gasteiger partial charge is 0.476 e. The van der Waals surface area contributed by atoms with E-state index in [0.29, 0.717) is 12.5 Å². The third-order valence-corrected chi connectivity index (χ3v) is 6.18. The Morgan fingerprint density at radius 1 is 1.11 bits per heavy atom. The summed E-state index contributed by atoms with van der Waals surface area (Å²) in [4.78, 5) is 30.8. The topological polar surface area (TPSA) is 59.5 Å². The van der Waals surface area contributed by atoms with E-state index in [9.17, 15) is 35.9 Å². The molecular formula is C23H21ClF6N2O3. The van der Waals surface area contributed by atoms with Gasteiger partial charge in [0.15, 0.2) is 0 Å². The van der Waals surface area contributed by atoms with E-state index in [1.807, 2.05) is 0 Å². The van der Waals surface area contributed by atoms with Gasteiger partial charge in [-0.25, -0.2) is 0 Å². The van der Waals surface area contributed by atoms with E-state index in [1.54, 1.807) is 6.92 Å². The molecule has 1 amide bonds. The van der Waals surface area contributed by atoms with Crippen molar-refractivity contribution in [2.75, 3.05) is 6.54 Å². The van der Waals surface area contributed by atoms with Crippen LogP contribution in [0.1, 0.15) is 54.1 Å². The minimum absolute atomic E-state index is 0.0178. The molecule has 35 heavy (non-hydrogen) atoms. The van der Waals surface area contributed by atoms with E-state index >= 15 is 0 Å². The lowest BCUT2D eigenvalue weighted by Crippen LogP contribution is -2.64. The van der Waals surface area contributed by atoms with Gasteiger partial charge in [0.2, 0.25) is 5.60 Å². The highest BCUT2D eigenvalue weighted by atomic mass is 35.5. The lowest BCUT2D eigenvalue weighted by atomic mass is 9.82. The van der Waals surface area contributed by atoms with Crippen molar-refractivity contribution in [3.63, 3.8) is 0 Å². The van der Waals surface area contributed by atoms with E-state index in [0.717, 1.165) is 41.6 Å². The minimum atomic E-state index is -4.82. The Hall–Kier alpha value is -2.82. The maximum absolute atomic E-state index is 13.5. The first kappa shape index (κ1) is 26.8. The zero-order chi connectivity index (χ0) is 26.0. The molecule has 0 unspecified atom stereocenters. The van der Waals surface area contributed by atoms with Crippen LogP contribution < -0.4 is 4.74 Å². The Labute approximate surface area is 202 Å². The molecule has 1 saturated heterocycles. The number of amides is 1. The van der Waals surface area contributed by atoms with Gasteiger partial charge in [-0.1, -0.05) is 13.3 Å². The molecule has 190 valence electrons. The van der Waals surface area contributed by atoms with Gasteiger partial charge in [0.1, 0.15) is 5.75 Å². The van der Waals surface area contributed by atoms with E-state index in [4.69, 9.17) is 16.3 Å². The Morgan fingerprint density at radius 3 is 2.31 bits per heavy atom. The first-order valence-electron chi connectivity index (χ1n) is 10.7. The molecule has 1 aliphatic heterocycles. The number of likely N-dealkylation sites (tertiary alicyclic amines) is 1. The van der Waals surface area contributed by atoms with E-state index in [-0.39, 0.29) is 31.6 Å². The van der Waals surface area contributed by atoms with Crippen molar-refractivity contribution in [3.8, 4) is 5.75 Å². The molecule has 0 saturated carbocycles. The summed E-state index contributed by atoms with van der Waals surface area (Å²) < 4.78 is 85.2. The van der Waals surface area contributed by atoms with Gasteiger partial charge in [0.25, 0.3) is 11.1 Å². The number of aromatic nitrogens is 1. The number of alkyl halides is 6. The van der Waals surface area contributed by atoms with Crippen LogP contribution in [0, 0.1) is 0 Å². The van der Waals surface area contributed by atoms with Gasteiger partial charge in [-0.3, -0.25) is 14.6 Å². The zero-order valence-electron chi connectivity index (χ0n) is 18.4. The zero-order valence-corrected chi connectivity index (χ0v) is 19.2. The Kier molecular flexibility index (Phi) is 7.68. The van der Waals surface area contributed by atoms with Crippen molar-refractivity contribution in [1.29, 1.82) is 0 Å². The van der Waals surface area contributed by atoms with Crippen molar-refractivity contribution in [2.45, 2.75) is 56.6 Å². The molecule has 0 radical (unpaired) electrons. The van der Waals surface area contributed by atoms with E-state index < -0.39 is 51.8 Å². The molecule has 2 atom stereocenters. The highest BCUT2D eigenvalue weighted by molar-refractivity contribution is 6.65. The standard InChI is InChI=1S/C23H21ClF6N2O3/c1-2-4-18-21(20(24)34,35-15-7-5-14(6-8-15)22(25,26)27)10-3-12-32(18)19(33)16-13-31-11-9-17(16)23(28,29)30/h5-9,11,13,18H,2-4,10,12H2,1H3/t18-,21+/m1/s1. The predicted octanol–water partition coefficient (Wildman–Crippen LogP) is 6.11. The summed E-state index contributed by atoms with van der Waals surface area (Å²) in [6.07, 6.45) is -6.94. The van der Waals surface area contributed by atoms with Crippen LogP contribution in [0.2, 0.25) is 0 Å². The van der Waals surface area contributed by atoms with Crippen molar-refractivity contribution in [2.24, 2.45) is 0 Å². The van der Waals surface area contributed by atoms with Gasteiger partial charge in [-0.15, -0.1) is 0 Å². The Bertz CT molecular complexity index is 1070. The molecule has 1 aromatic carbocycles. The summed E-state index contributed by atoms with van der Waals surface area (Å²) in [6, 6.07) is 3.21. The molecule has 2 heterocycles. The third-order valence-electron chi connectivity index (χ3n) is 5.86. The van der Waals surface area contributed by atoms with Gasteiger partial charge in [-0.2, -0.15) is 26.3 Å². The Morgan fingerprint density at radius 2 is 1.77 bits per heavy atom. The second-order valence-corrected chi connectivity index (χ2v) is 8.46. The maximum Gasteiger partial charge on any atom is 0.417 e. The molecule has 0 aliphatic carbocycles. The monoisotopic (exact) mass is 522 g/mol. The lowest BCUT2D eigenvalue weighted by Gasteiger charge is -2.47. The van der Waals surface area contributed by atoms with Gasteiger partial charge < -0.3 is 9.64 Å². The number of ether oxygens (including phenoxy) is 1. The summed E-state index contributed by atoms with van der Waals surface area (Å²) in [7, 11) is 0. The highest BCUT2D eigenvalue weighted by Crippen LogP contribution is 2.40. The molecule has 0 bridgehead atoms. The number of hydrogen-bond acceptors (Lipinski definition) is 4. The number of pyridine rings is 1. The van der Waals surface area contributed by atoms with Gasteiger partial charge in [0.05, 0.1) is 22.7 Å². The number of halogens is 7. The summed E-state index contributed by atoms with van der Waals surface area (Å²) in [5.41, 5.74) is -4.66. The fourth-order valence-electron chi connectivity index (χ4n) is 4.27. The molecular weight excluding hydrogens is 502 g/mol. The number of rotatable bonds is 6.